The number of nitrogens with zero attached hydrogens (tertiary/aromatic N) is 3. The molecule has 132 valence electrons. The van der Waals surface area contributed by atoms with E-state index in [1.807, 2.05) is 20.8 Å². The van der Waals surface area contributed by atoms with Gasteiger partial charge in [0, 0.05) is 4.91 Å². The van der Waals surface area contributed by atoms with E-state index in [-0.39, 0.29) is 23.4 Å². The Morgan fingerprint density at radius 1 is 1.22 bits per heavy atom. The summed E-state index contributed by atoms with van der Waals surface area (Å²) in [6, 6.07) is 0. The lowest BCUT2D eigenvalue weighted by molar-refractivity contribution is -0.194. The van der Waals surface area contributed by atoms with Crippen molar-refractivity contribution in [2.75, 3.05) is 0 Å². The second-order valence-electron chi connectivity index (χ2n) is 8.34. The van der Waals surface area contributed by atoms with E-state index in [4.69, 9.17) is 24.2 Å². The first kappa shape index (κ1) is 18.7. The maximum absolute atomic E-state index is 8.75. The largest absolute Gasteiger partial charge is 0.411 e. The highest BCUT2D eigenvalue weighted by Crippen LogP contribution is 2.43. The van der Waals surface area contributed by atoms with E-state index in [0.29, 0.717) is 0 Å². The molecular formula is C15H29N3O4Si. The molecule has 2 rings (SSSR count). The Morgan fingerprint density at radius 3 is 2.30 bits per heavy atom. The maximum atomic E-state index is 8.75. The molecule has 2 aliphatic heterocycles. The molecule has 2 heterocycles. The van der Waals surface area contributed by atoms with Gasteiger partial charge in [-0.2, -0.15) is 0 Å². The highest BCUT2D eigenvalue weighted by Gasteiger charge is 2.57. The highest BCUT2D eigenvalue weighted by atomic mass is 28.4. The lowest BCUT2D eigenvalue weighted by Crippen LogP contribution is -2.48. The number of fused-ring (bicyclic) bond motifs is 1. The minimum Gasteiger partial charge on any atom is -0.411 e. The second kappa shape index (κ2) is 6.02. The van der Waals surface area contributed by atoms with Gasteiger partial charge in [0.1, 0.15) is 18.3 Å². The molecule has 7 nitrogen and oxygen atoms in total. The molecule has 0 aromatic heterocycles. The summed E-state index contributed by atoms with van der Waals surface area (Å²) in [5.74, 6) is -0.711. The van der Waals surface area contributed by atoms with Crippen molar-refractivity contribution in [3.8, 4) is 0 Å². The normalized spacial score (nSPS) is 34.8. The summed E-state index contributed by atoms with van der Waals surface area (Å²) >= 11 is 0. The van der Waals surface area contributed by atoms with Crippen molar-refractivity contribution in [3.63, 3.8) is 0 Å². The third-order valence-corrected chi connectivity index (χ3v) is 9.55. The minimum absolute atomic E-state index is 0.107. The molecule has 5 atom stereocenters. The fraction of sp³-hybridized carbons (Fsp3) is 1.00. The van der Waals surface area contributed by atoms with Gasteiger partial charge in [0.25, 0.3) is 0 Å². The van der Waals surface area contributed by atoms with Crippen molar-refractivity contribution in [1.82, 2.24) is 0 Å². The zero-order valence-electron chi connectivity index (χ0n) is 15.4. The predicted octanol–water partition coefficient (Wildman–Crippen LogP) is 3.95. The van der Waals surface area contributed by atoms with Crippen molar-refractivity contribution in [3.05, 3.63) is 10.4 Å². The van der Waals surface area contributed by atoms with E-state index in [0.717, 1.165) is 0 Å². The number of hydrogen-bond donors (Lipinski definition) is 0. The molecule has 0 bridgehead atoms. The summed E-state index contributed by atoms with van der Waals surface area (Å²) in [6.45, 7) is 16.7. The molecule has 8 heteroatoms. The van der Waals surface area contributed by atoms with Gasteiger partial charge >= 0.3 is 0 Å². The van der Waals surface area contributed by atoms with Crippen LogP contribution >= 0.6 is 0 Å². The summed E-state index contributed by atoms with van der Waals surface area (Å²) < 4.78 is 24.2. The summed E-state index contributed by atoms with van der Waals surface area (Å²) in [6.07, 6.45) is -1.84. The Morgan fingerprint density at radius 2 is 1.78 bits per heavy atom. The van der Waals surface area contributed by atoms with E-state index in [1.165, 1.54) is 0 Å². The van der Waals surface area contributed by atoms with E-state index >= 15 is 0 Å². The quantitative estimate of drug-likeness (QED) is 0.335. The third-order valence-electron chi connectivity index (χ3n) is 4.98. The SMILES string of the molecule is C[C@@H](O[Si](C)(C)C(C)(C)C)[C@H]1O[C@@H](N=[N+]=[N-])[C@@H]2OC(C)(C)O[C@@H]21. The first-order valence-corrected chi connectivity index (χ1v) is 11.0. The molecule has 0 N–H and O–H groups in total. The van der Waals surface area contributed by atoms with Gasteiger partial charge in [0.2, 0.25) is 0 Å². The lowest BCUT2D eigenvalue weighted by Gasteiger charge is -2.40. The molecule has 0 radical (unpaired) electrons. The molecule has 2 aliphatic rings. The van der Waals surface area contributed by atoms with Crippen molar-refractivity contribution in [2.45, 2.75) is 96.1 Å². The van der Waals surface area contributed by atoms with E-state index < -0.39 is 26.4 Å². The van der Waals surface area contributed by atoms with Crippen LogP contribution in [0.5, 0.6) is 0 Å². The molecule has 0 amide bonds. The van der Waals surface area contributed by atoms with Crippen LogP contribution in [0.4, 0.5) is 0 Å². The third kappa shape index (κ3) is 3.73. The van der Waals surface area contributed by atoms with Gasteiger partial charge in [-0.05, 0) is 44.4 Å². The van der Waals surface area contributed by atoms with Crippen LogP contribution in [0.2, 0.25) is 18.1 Å². The Labute approximate surface area is 139 Å². The van der Waals surface area contributed by atoms with E-state index in [1.54, 1.807) is 0 Å². The van der Waals surface area contributed by atoms with Crippen molar-refractivity contribution < 1.29 is 18.6 Å². The molecule has 0 aliphatic carbocycles. The first-order valence-electron chi connectivity index (χ1n) is 8.11. The zero-order valence-corrected chi connectivity index (χ0v) is 16.4. The standard InChI is InChI=1S/C15H29N3O4Si/c1-9(22-23(7,8)14(2,3)4)10-11-12(13(19-10)17-18-16)21-15(5,6)20-11/h9-13H,1-8H3/t9-,10-,11-,12-,13-/m1/s1. The van der Waals surface area contributed by atoms with Gasteiger partial charge in [0.05, 0.1) is 6.10 Å². The van der Waals surface area contributed by atoms with Gasteiger partial charge in [-0.25, -0.2) is 0 Å². The number of hydrogen-bond acceptors (Lipinski definition) is 5. The van der Waals surface area contributed by atoms with Crippen LogP contribution in [0.3, 0.4) is 0 Å². The number of rotatable bonds is 4. The van der Waals surface area contributed by atoms with Gasteiger partial charge in [0.15, 0.2) is 20.3 Å². The maximum Gasteiger partial charge on any atom is 0.192 e. The van der Waals surface area contributed by atoms with Crippen LogP contribution < -0.4 is 0 Å². The van der Waals surface area contributed by atoms with Gasteiger partial charge in [-0.3, -0.25) is 0 Å². The van der Waals surface area contributed by atoms with Crippen molar-refractivity contribution in [1.29, 1.82) is 0 Å². The molecule has 0 saturated carbocycles. The summed E-state index contributed by atoms with van der Waals surface area (Å²) in [7, 11) is -1.94. The average Bonchev–Trinajstić information content (AvgIpc) is 2.82. The second-order valence-corrected chi connectivity index (χ2v) is 13.1. The van der Waals surface area contributed by atoms with Gasteiger partial charge in [-0.15, -0.1) is 0 Å². The molecule has 0 unspecified atom stereocenters. The van der Waals surface area contributed by atoms with E-state index in [2.05, 4.69) is 43.9 Å². The highest BCUT2D eigenvalue weighted by molar-refractivity contribution is 6.74. The van der Waals surface area contributed by atoms with Gasteiger partial charge < -0.3 is 18.6 Å². The van der Waals surface area contributed by atoms with Crippen LogP contribution in [0.25, 0.3) is 10.4 Å². The first-order chi connectivity index (χ1) is 10.4. The predicted molar refractivity (Wildman–Crippen MR) is 89.4 cm³/mol. The summed E-state index contributed by atoms with van der Waals surface area (Å²) in [5, 5.41) is 3.83. The van der Waals surface area contributed by atoms with E-state index in [9.17, 15) is 0 Å². The summed E-state index contributed by atoms with van der Waals surface area (Å²) in [4.78, 5) is 2.87. The fourth-order valence-corrected chi connectivity index (χ4v) is 4.25. The lowest BCUT2D eigenvalue weighted by atomic mass is 10.1. The van der Waals surface area contributed by atoms with Crippen molar-refractivity contribution >= 4 is 8.32 Å². The topological polar surface area (TPSA) is 85.7 Å². The zero-order chi connectivity index (χ0) is 17.6. The molecule has 0 spiro atoms. The van der Waals surface area contributed by atoms with Crippen LogP contribution in [0, 0.1) is 0 Å². The Hall–Kier alpha value is -0.633. The Balaban J connectivity index is 2.17. The summed E-state index contributed by atoms with van der Waals surface area (Å²) in [5.41, 5.74) is 8.75. The Kier molecular flexibility index (Phi) is 4.90. The smallest absolute Gasteiger partial charge is 0.192 e. The molecule has 2 saturated heterocycles. The monoisotopic (exact) mass is 343 g/mol. The van der Waals surface area contributed by atoms with Crippen LogP contribution in [0.1, 0.15) is 41.5 Å². The number of ether oxygens (including phenoxy) is 3. The van der Waals surface area contributed by atoms with Crippen LogP contribution in [-0.2, 0) is 18.6 Å². The minimum atomic E-state index is -1.94. The molecule has 2 fully saturated rings. The Bertz CT molecular complexity index is 499. The molecule has 0 aromatic carbocycles. The van der Waals surface area contributed by atoms with Crippen molar-refractivity contribution in [2.24, 2.45) is 5.11 Å². The molecule has 23 heavy (non-hydrogen) atoms. The average molecular weight is 344 g/mol. The van der Waals surface area contributed by atoms with Crippen LogP contribution in [-0.4, -0.2) is 44.7 Å². The number of azide groups is 1. The fourth-order valence-electron chi connectivity index (χ4n) is 2.84. The van der Waals surface area contributed by atoms with Gasteiger partial charge in [-0.1, -0.05) is 25.9 Å². The van der Waals surface area contributed by atoms with Crippen LogP contribution in [0.15, 0.2) is 5.11 Å². The molecular weight excluding hydrogens is 314 g/mol. The molecule has 0 aromatic rings.